The molecule has 1 N–H and O–H groups in total. The van der Waals surface area contributed by atoms with Gasteiger partial charge in [-0.2, -0.15) is 0 Å². The number of hydrogen-bond acceptors (Lipinski definition) is 2. The molecule has 0 aromatic carbocycles. The molecule has 2 heterocycles. The quantitative estimate of drug-likeness (QED) is 0.776. The minimum Gasteiger partial charge on any atom is -0.314 e. The molecule has 16 heavy (non-hydrogen) atoms. The first kappa shape index (κ1) is 12.4. The first-order valence-corrected chi connectivity index (χ1v) is 7.10. The molecule has 2 atom stereocenters. The van der Waals surface area contributed by atoms with E-state index in [1.807, 2.05) is 0 Å². The zero-order chi connectivity index (χ0) is 11.6. The molecule has 0 aromatic heterocycles. The fourth-order valence-corrected chi connectivity index (χ4v) is 3.22. The van der Waals surface area contributed by atoms with Crippen LogP contribution in [0.2, 0.25) is 0 Å². The molecule has 2 fully saturated rings. The van der Waals surface area contributed by atoms with Crippen LogP contribution in [0.25, 0.3) is 0 Å². The van der Waals surface area contributed by atoms with Gasteiger partial charge in [0.15, 0.2) is 0 Å². The first-order valence-electron chi connectivity index (χ1n) is 7.10. The van der Waals surface area contributed by atoms with E-state index in [0.717, 1.165) is 12.1 Å². The minimum absolute atomic E-state index is 0.634. The molecule has 0 aliphatic carbocycles. The molecule has 2 heteroatoms. The van der Waals surface area contributed by atoms with E-state index in [1.54, 1.807) is 0 Å². The van der Waals surface area contributed by atoms with Crippen molar-refractivity contribution in [3.05, 3.63) is 0 Å². The van der Waals surface area contributed by atoms with Gasteiger partial charge in [-0.25, -0.2) is 0 Å². The van der Waals surface area contributed by atoms with Gasteiger partial charge in [0, 0.05) is 12.1 Å². The Kier molecular flexibility index (Phi) is 3.91. The smallest absolute Gasteiger partial charge is 0.0122 e. The standard InChI is InChI=1S/C14H28N2/c1-4-14(3)6-9-16(10-7-14)13-5-8-15-12(2)11-13/h12-13,15H,4-11H2,1-3H3. The normalized spacial score (nSPS) is 36.2. The molecule has 94 valence electrons. The summed E-state index contributed by atoms with van der Waals surface area (Å²) in [6, 6.07) is 1.58. The lowest BCUT2D eigenvalue weighted by Gasteiger charge is -2.44. The summed E-state index contributed by atoms with van der Waals surface area (Å²) in [6.07, 6.45) is 6.86. The first-order chi connectivity index (χ1) is 7.63. The summed E-state index contributed by atoms with van der Waals surface area (Å²) in [5, 5.41) is 3.55. The van der Waals surface area contributed by atoms with Gasteiger partial charge in [0.25, 0.3) is 0 Å². The SMILES string of the molecule is CCC1(C)CCN(C2CCNC(C)C2)CC1. The Morgan fingerprint density at radius 2 is 2.00 bits per heavy atom. The summed E-state index contributed by atoms with van der Waals surface area (Å²) in [7, 11) is 0. The van der Waals surface area contributed by atoms with Gasteiger partial charge in [0.2, 0.25) is 0 Å². The van der Waals surface area contributed by atoms with Gasteiger partial charge in [-0.3, -0.25) is 0 Å². The van der Waals surface area contributed by atoms with Crippen LogP contribution in [0.4, 0.5) is 0 Å². The van der Waals surface area contributed by atoms with E-state index in [4.69, 9.17) is 0 Å². The fraction of sp³-hybridized carbons (Fsp3) is 1.00. The summed E-state index contributed by atoms with van der Waals surface area (Å²) in [5.74, 6) is 0. The second-order valence-electron chi connectivity index (χ2n) is 6.23. The van der Waals surface area contributed by atoms with Crippen molar-refractivity contribution in [3.8, 4) is 0 Å². The van der Waals surface area contributed by atoms with Crippen molar-refractivity contribution in [1.82, 2.24) is 10.2 Å². The maximum absolute atomic E-state index is 3.55. The van der Waals surface area contributed by atoms with Gasteiger partial charge < -0.3 is 10.2 Å². The molecule has 0 amide bonds. The number of rotatable bonds is 2. The van der Waals surface area contributed by atoms with Crippen molar-refractivity contribution < 1.29 is 0 Å². The molecule has 0 saturated carbocycles. The Hall–Kier alpha value is -0.0800. The van der Waals surface area contributed by atoms with Gasteiger partial charge >= 0.3 is 0 Å². The fourth-order valence-electron chi connectivity index (χ4n) is 3.22. The van der Waals surface area contributed by atoms with E-state index >= 15 is 0 Å². The van der Waals surface area contributed by atoms with E-state index in [9.17, 15) is 0 Å². The summed E-state index contributed by atoms with van der Waals surface area (Å²) >= 11 is 0. The van der Waals surface area contributed by atoms with Crippen LogP contribution < -0.4 is 5.32 Å². The maximum atomic E-state index is 3.55. The van der Waals surface area contributed by atoms with Crippen LogP contribution in [-0.4, -0.2) is 36.6 Å². The largest absolute Gasteiger partial charge is 0.314 e. The highest BCUT2D eigenvalue weighted by atomic mass is 15.2. The highest BCUT2D eigenvalue weighted by Crippen LogP contribution is 2.35. The molecule has 0 aromatic rings. The summed E-state index contributed by atoms with van der Waals surface area (Å²) in [4.78, 5) is 2.76. The molecule has 0 radical (unpaired) electrons. The Balaban J connectivity index is 1.84. The van der Waals surface area contributed by atoms with Crippen LogP contribution in [0.3, 0.4) is 0 Å². The molecule has 2 saturated heterocycles. The van der Waals surface area contributed by atoms with Crippen molar-refractivity contribution in [3.63, 3.8) is 0 Å². The molecule has 2 unspecified atom stereocenters. The van der Waals surface area contributed by atoms with Gasteiger partial charge in [-0.1, -0.05) is 20.3 Å². The van der Waals surface area contributed by atoms with Crippen LogP contribution in [-0.2, 0) is 0 Å². The lowest BCUT2D eigenvalue weighted by molar-refractivity contribution is 0.0623. The summed E-state index contributed by atoms with van der Waals surface area (Å²) < 4.78 is 0. The highest BCUT2D eigenvalue weighted by molar-refractivity contribution is 4.88. The van der Waals surface area contributed by atoms with Gasteiger partial charge in [0.05, 0.1) is 0 Å². The third kappa shape index (κ3) is 2.78. The Bertz CT molecular complexity index is 219. The number of hydrogen-bond donors (Lipinski definition) is 1. The Morgan fingerprint density at radius 1 is 1.31 bits per heavy atom. The average Bonchev–Trinajstić information content (AvgIpc) is 2.30. The van der Waals surface area contributed by atoms with Crippen molar-refractivity contribution in [2.75, 3.05) is 19.6 Å². The Labute approximate surface area is 101 Å². The van der Waals surface area contributed by atoms with Gasteiger partial charge in [0.1, 0.15) is 0 Å². The van der Waals surface area contributed by atoms with Crippen molar-refractivity contribution in [1.29, 1.82) is 0 Å². The second-order valence-corrected chi connectivity index (χ2v) is 6.23. The van der Waals surface area contributed by atoms with E-state index in [2.05, 4.69) is 31.0 Å². The van der Waals surface area contributed by atoms with E-state index in [-0.39, 0.29) is 0 Å². The van der Waals surface area contributed by atoms with Crippen molar-refractivity contribution in [2.24, 2.45) is 5.41 Å². The molecule has 0 spiro atoms. The minimum atomic E-state index is 0.634. The molecule has 0 bridgehead atoms. The monoisotopic (exact) mass is 224 g/mol. The predicted molar refractivity (Wildman–Crippen MR) is 69.7 cm³/mol. The van der Waals surface area contributed by atoms with Crippen molar-refractivity contribution in [2.45, 2.75) is 65.0 Å². The van der Waals surface area contributed by atoms with Crippen LogP contribution in [0, 0.1) is 5.41 Å². The lowest BCUT2D eigenvalue weighted by Crippen LogP contribution is -2.50. The van der Waals surface area contributed by atoms with Crippen LogP contribution in [0.5, 0.6) is 0 Å². The van der Waals surface area contributed by atoms with Crippen LogP contribution >= 0.6 is 0 Å². The lowest BCUT2D eigenvalue weighted by atomic mass is 9.77. The zero-order valence-electron chi connectivity index (χ0n) is 11.3. The van der Waals surface area contributed by atoms with E-state index < -0.39 is 0 Å². The zero-order valence-corrected chi connectivity index (χ0v) is 11.3. The summed E-state index contributed by atoms with van der Waals surface area (Å²) in [5.41, 5.74) is 0.634. The molecule has 2 aliphatic rings. The third-order valence-corrected chi connectivity index (χ3v) is 4.97. The number of likely N-dealkylation sites (tertiary alicyclic amines) is 1. The predicted octanol–water partition coefficient (Wildman–Crippen LogP) is 2.64. The van der Waals surface area contributed by atoms with Gasteiger partial charge in [-0.15, -0.1) is 0 Å². The number of nitrogens with zero attached hydrogens (tertiary/aromatic N) is 1. The molecule has 2 rings (SSSR count). The maximum Gasteiger partial charge on any atom is 0.0122 e. The number of nitrogens with one attached hydrogen (secondary N) is 1. The average molecular weight is 224 g/mol. The van der Waals surface area contributed by atoms with E-state index in [0.29, 0.717) is 5.41 Å². The molecule has 2 aliphatic heterocycles. The Morgan fingerprint density at radius 3 is 2.56 bits per heavy atom. The van der Waals surface area contributed by atoms with Crippen LogP contribution in [0.15, 0.2) is 0 Å². The second kappa shape index (κ2) is 5.05. The molecular formula is C14H28N2. The number of piperidine rings is 2. The highest BCUT2D eigenvalue weighted by Gasteiger charge is 2.32. The molecular weight excluding hydrogens is 196 g/mol. The third-order valence-electron chi connectivity index (χ3n) is 4.97. The van der Waals surface area contributed by atoms with E-state index in [1.165, 1.54) is 51.7 Å². The van der Waals surface area contributed by atoms with Gasteiger partial charge in [-0.05, 0) is 57.7 Å². The molecule has 2 nitrogen and oxygen atoms in total. The van der Waals surface area contributed by atoms with Crippen LogP contribution in [0.1, 0.15) is 52.9 Å². The topological polar surface area (TPSA) is 15.3 Å². The summed E-state index contributed by atoms with van der Waals surface area (Å²) in [6.45, 7) is 11.0. The van der Waals surface area contributed by atoms with Crippen molar-refractivity contribution >= 4 is 0 Å².